The van der Waals surface area contributed by atoms with E-state index in [2.05, 4.69) is 5.43 Å². The Morgan fingerprint density at radius 1 is 1.19 bits per heavy atom. The molecule has 1 N–H and O–H groups in total. The fourth-order valence-electron chi connectivity index (χ4n) is 3.44. The molecule has 0 bridgehead atoms. The molecule has 1 saturated heterocycles. The van der Waals surface area contributed by atoms with E-state index in [-0.39, 0.29) is 23.6 Å². The zero-order valence-electron chi connectivity index (χ0n) is 18.0. The van der Waals surface area contributed by atoms with Gasteiger partial charge >= 0.3 is 5.63 Å². The molecule has 0 aliphatic carbocycles. The normalized spacial score (nSPS) is 15.8. The number of hydrogen-bond acceptors (Lipinski definition) is 7. The van der Waals surface area contributed by atoms with Crippen molar-refractivity contribution in [3.8, 4) is 5.75 Å². The Labute approximate surface area is 189 Å². The van der Waals surface area contributed by atoms with Gasteiger partial charge in [-0.1, -0.05) is 12.1 Å². The van der Waals surface area contributed by atoms with E-state index in [1.165, 1.54) is 22.8 Å². The molecule has 32 heavy (non-hydrogen) atoms. The van der Waals surface area contributed by atoms with Gasteiger partial charge in [0, 0.05) is 37.3 Å². The van der Waals surface area contributed by atoms with Gasteiger partial charge in [0.1, 0.15) is 16.7 Å². The van der Waals surface area contributed by atoms with Crippen LogP contribution in [0.3, 0.4) is 0 Å². The highest BCUT2D eigenvalue weighted by Crippen LogP contribution is 2.37. The van der Waals surface area contributed by atoms with Gasteiger partial charge < -0.3 is 14.1 Å². The van der Waals surface area contributed by atoms with Gasteiger partial charge in [-0.05, 0) is 42.3 Å². The number of rotatable bonds is 6. The van der Waals surface area contributed by atoms with Crippen LogP contribution in [-0.2, 0) is 9.59 Å². The van der Waals surface area contributed by atoms with Gasteiger partial charge in [0.2, 0.25) is 0 Å². The number of nitrogens with one attached hydrogen (secondary N) is 1. The van der Waals surface area contributed by atoms with Crippen molar-refractivity contribution in [2.45, 2.75) is 12.3 Å². The lowest BCUT2D eigenvalue weighted by atomic mass is 10.1. The molecule has 2 amide bonds. The number of hydrogen-bond donors (Lipinski definition) is 1. The molecule has 9 heteroatoms. The summed E-state index contributed by atoms with van der Waals surface area (Å²) >= 11 is 1.45. The lowest BCUT2D eigenvalue weighted by Gasteiger charge is -2.25. The van der Waals surface area contributed by atoms with E-state index in [1.807, 2.05) is 50.2 Å². The molecule has 4 rings (SSSR count). The van der Waals surface area contributed by atoms with Crippen molar-refractivity contribution < 1.29 is 18.7 Å². The summed E-state index contributed by atoms with van der Waals surface area (Å²) in [6.45, 7) is 1.53. The highest BCUT2D eigenvalue weighted by Gasteiger charge is 2.34. The summed E-state index contributed by atoms with van der Waals surface area (Å²) in [4.78, 5) is 38.4. The van der Waals surface area contributed by atoms with Crippen molar-refractivity contribution in [2.75, 3.05) is 31.4 Å². The van der Waals surface area contributed by atoms with Crippen LogP contribution in [0.5, 0.6) is 5.75 Å². The molecule has 1 unspecified atom stereocenters. The number of benzene rings is 2. The van der Waals surface area contributed by atoms with E-state index < -0.39 is 11.5 Å². The Kier molecular flexibility index (Phi) is 6.09. The first-order valence-electron chi connectivity index (χ1n) is 9.99. The van der Waals surface area contributed by atoms with E-state index in [4.69, 9.17) is 9.15 Å². The Morgan fingerprint density at radius 2 is 1.94 bits per heavy atom. The molecule has 0 spiro atoms. The quantitative estimate of drug-likeness (QED) is 0.574. The molecule has 166 valence electrons. The van der Waals surface area contributed by atoms with Gasteiger partial charge in [-0.25, -0.2) is 9.80 Å². The minimum absolute atomic E-state index is 0.173. The van der Waals surface area contributed by atoms with Gasteiger partial charge in [-0.3, -0.25) is 15.0 Å². The fourth-order valence-corrected chi connectivity index (χ4v) is 4.55. The predicted octanol–water partition coefficient (Wildman–Crippen LogP) is 2.85. The van der Waals surface area contributed by atoms with Crippen LogP contribution in [0.25, 0.3) is 11.0 Å². The average Bonchev–Trinajstić information content (AvgIpc) is 3.12. The second kappa shape index (κ2) is 8.96. The number of thioether (sulfide) groups is 1. The van der Waals surface area contributed by atoms with E-state index in [0.29, 0.717) is 11.3 Å². The summed E-state index contributed by atoms with van der Waals surface area (Å²) in [7, 11) is 3.92. The lowest BCUT2D eigenvalue weighted by molar-refractivity contribution is -0.140. The van der Waals surface area contributed by atoms with Crippen molar-refractivity contribution in [2.24, 2.45) is 0 Å². The number of amides is 2. The molecule has 1 aliphatic heterocycles. The summed E-state index contributed by atoms with van der Waals surface area (Å²) < 4.78 is 10.8. The van der Waals surface area contributed by atoms with Crippen LogP contribution < -0.4 is 20.7 Å². The molecule has 8 nitrogen and oxygen atoms in total. The first-order chi connectivity index (χ1) is 15.3. The van der Waals surface area contributed by atoms with Gasteiger partial charge in [-0.2, -0.15) is 0 Å². The number of hydrazine groups is 1. The van der Waals surface area contributed by atoms with Crippen LogP contribution in [-0.4, -0.2) is 43.3 Å². The first-order valence-corrected chi connectivity index (χ1v) is 11.0. The first kappa shape index (κ1) is 21.8. The van der Waals surface area contributed by atoms with Crippen molar-refractivity contribution in [1.82, 2.24) is 10.4 Å². The van der Waals surface area contributed by atoms with Crippen LogP contribution in [0.1, 0.15) is 16.5 Å². The number of anilines is 1. The molecule has 2 aromatic carbocycles. The van der Waals surface area contributed by atoms with E-state index in [9.17, 15) is 14.4 Å². The largest absolute Gasteiger partial charge is 0.484 e. The molecule has 3 aromatic rings. The number of nitrogens with zero attached hydrogens (tertiary/aromatic N) is 2. The second-order valence-electron chi connectivity index (χ2n) is 7.64. The number of fused-ring (bicyclic) bond motifs is 1. The number of ether oxygens (including phenoxy) is 1. The van der Waals surface area contributed by atoms with E-state index in [0.717, 1.165) is 22.2 Å². The van der Waals surface area contributed by atoms with Gasteiger partial charge in [-0.15, -0.1) is 11.8 Å². The minimum atomic E-state index is -0.457. The molecular weight excluding hydrogens is 430 g/mol. The summed E-state index contributed by atoms with van der Waals surface area (Å²) in [5.41, 5.74) is 5.37. The van der Waals surface area contributed by atoms with Crippen molar-refractivity contribution in [3.63, 3.8) is 0 Å². The van der Waals surface area contributed by atoms with Crippen molar-refractivity contribution >= 4 is 40.2 Å². The predicted molar refractivity (Wildman–Crippen MR) is 124 cm³/mol. The fraction of sp³-hybridized carbons (Fsp3) is 0.261. The Balaban J connectivity index is 1.42. The van der Waals surface area contributed by atoms with Crippen LogP contribution >= 0.6 is 11.8 Å². The molecule has 1 aliphatic rings. The maximum Gasteiger partial charge on any atom is 0.336 e. The van der Waals surface area contributed by atoms with Crippen LogP contribution in [0, 0.1) is 6.92 Å². The van der Waals surface area contributed by atoms with Crippen molar-refractivity contribution in [3.05, 3.63) is 70.1 Å². The molecule has 0 radical (unpaired) electrons. The van der Waals surface area contributed by atoms with E-state index in [1.54, 1.807) is 18.2 Å². The molecular formula is C23H23N3O5S. The van der Waals surface area contributed by atoms with Crippen LogP contribution in [0.2, 0.25) is 0 Å². The Bertz CT molecular complexity index is 1220. The third kappa shape index (κ3) is 4.57. The highest BCUT2D eigenvalue weighted by atomic mass is 32.2. The van der Waals surface area contributed by atoms with Gasteiger partial charge in [0.05, 0.1) is 5.75 Å². The van der Waals surface area contributed by atoms with Crippen LogP contribution in [0.4, 0.5) is 5.69 Å². The number of aryl methyl sites for hydroxylation is 1. The Hall–Kier alpha value is -3.46. The standard InChI is InChI=1S/C23H23N3O5S/c1-14-10-22(29)31-19-11-17(8-9-18(14)19)30-12-20(27)24-26-21(28)13-32-23(26)15-4-6-16(7-5-15)25(2)3/h4-11,23H,12-13H2,1-3H3,(H,24,27). The summed E-state index contributed by atoms with van der Waals surface area (Å²) in [6.07, 6.45) is 0. The zero-order valence-corrected chi connectivity index (χ0v) is 18.8. The third-order valence-corrected chi connectivity index (χ3v) is 6.31. The lowest BCUT2D eigenvalue weighted by Crippen LogP contribution is -2.46. The summed E-state index contributed by atoms with van der Waals surface area (Å²) in [6, 6.07) is 14.3. The molecule has 1 fully saturated rings. The minimum Gasteiger partial charge on any atom is -0.484 e. The SMILES string of the molecule is Cc1cc(=O)oc2cc(OCC(=O)NN3C(=O)CSC3c3ccc(N(C)C)cc3)ccc12. The topological polar surface area (TPSA) is 92.1 Å². The average molecular weight is 454 g/mol. The van der Waals surface area contributed by atoms with Gasteiger partial charge in [0.15, 0.2) is 6.61 Å². The number of carbonyl (C=O) groups is 2. The maximum absolute atomic E-state index is 12.5. The summed E-state index contributed by atoms with van der Waals surface area (Å²) in [5.74, 6) is 0.0403. The molecule has 1 atom stereocenters. The second-order valence-corrected chi connectivity index (χ2v) is 8.71. The van der Waals surface area contributed by atoms with Crippen LogP contribution in [0.15, 0.2) is 57.7 Å². The zero-order chi connectivity index (χ0) is 22.8. The monoisotopic (exact) mass is 453 g/mol. The smallest absolute Gasteiger partial charge is 0.336 e. The number of carbonyl (C=O) groups excluding carboxylic acids is 2. The highest BCUT2D eigenvalue weighted by molar-refractivity contribution is 8.00. The molecule has 0 saturated carbocycles. The third-order valence-electron chi connectivity index (χ3n) is 5.10. The Morgan fingerprint density at radius 3 is 2.66 bits per heavy atom. The molecule has 1 aromatic heterocycles. The molecule has 2 heterocycles. The van der Waals surface area contributed by atoms with Gasteiger partial charge in [0.25, 0.3) is 11.8 Å². The maximum atomic E-state index is 12.5. The van der Waals surface area contributed by atoms with Crippen molar-refractivity contribution in [1.29, 1.82) is 0 Å². The summed E-state index contributed by atoms with van der Waals surface area (Å²) in [5, 5.41) is 1.84. The van der Waals surface area contributed by atoms with E-state index >= 15 is 0 Å².